The lowest BCUT2D eigenvalue weighted by molar-refractivity contribution is -0.249. The molecular formula is C11H15N4O4S-. The number of rotatable bonds is 5. The lowest BCUT2D eigenvalue weighted by atomic mass is 10.3. The Hall–Kier alpha value is -2.16. The van der Waals surface area contributed by atoms with Gasteiger partial charge in [0.25, 0.3) is 10.0 Å². The number of nitrogens with zero attached hydrogens (tertiary/aromatic N) is 4. The second-order valence-electron chi connectivity index (χ2n) is 3.80. The van der Waals surface area contributed by atoms with Gasteiger partial charge in [0, 0.05) is 14.1 Å². The Labute approximate surface area is 117 Å². The van der Waals surface area contributed by atoms with Crippen molar-refractivity contribution in [3.63, 3.8) is 0 Å². The SMILES string of the molecule is CCOC([O-])=NS(=O)(=O)c1ccc(N=NN(C)C)cc1. The smallest absolute Gasteiger partial charge is 0.284 e. The third kappa shape index (κ3) is 4.84. The zero-order valence-electron chi connectivity index (χ0n) is 11.3. The second kappa shape index (κ2) is 6.85. The molecule has 0 aromatic heterocycles. The molecule has 0 amide bonds. The number of benzene rings is 1. The minimum atomic E-state index is -4.06. The molecule has 0 aliphatic carbocycles. The van der Waals surface area contributed by atoms with Crippen molar-refractivity contribution in [2.45, 2.75) is 11.8 Å². The van der Waals surface area contributed by atoms with Crippen molar-refractivity contribution in [1.29, 1.82) is 0 Å². The van der Waals surface area contributed by atoms with Gasteiger partial charge in [0.1, 0.15) is 0 Å². The van der Waals surface area contributed by atoms with E-state index in [2.05, 4.69) is 19.5 Å². The van der Waals surface area contributed by atoms with Crippen LogP contribution in [0.3, 0.4) is 0 Å². The minimum Gasteiger partial charge on any atom is -0.600 e. The average molecular weight is 299 g/mol. The molecule has 1 rings (SSSR count). The van der Waals surface area contributed by atoms with Crippen LogP contribution in [0.15, 0.2) is 43.9 Å². The summed E-state index contributed by atoms with van der Waals surface area (Å²) in [7, 11) is -0.644. The molecule has 0 N–H and O–H groups in total. The quantitative estimate of drug-likeness (QED) is 0.344. The maximum absolute atomic E-state index is 11.8. The van der Waals surface area contributed by atoms with Crippen molar-refractivity contribution >= 4 is 21.8 Å². The van der Waals surface area contributed by atoms with E-state index >= 15 is 0 Å². The Kier molecular flexibility index (Phi) is 5.44. The standard InChI is InChI=1S/C11H16N4O4S/c1-4-19-11(16)13-20(17,18)10-7-5-9(6-8-10)12-14-15(2)3/h5-8H,4H2,1-3H3,(H,13,16)/p-1. The van der Waals surface area contributed by atoms with Gasteiger partial charge < -0.3 is 9.84 Å². The highest BCUT2D eigenvalue weighted by Crippen LogP contribution is 2.18. The van der Waals surface area contributed by atoms with Crippen LogP contribution in [-0.4, -0.2) is 40.2 Å². The molecule has 0 radical (unpaired) electrons. The fraction of sp³-hybridized carbons (Fsp3) is 0.364. The van der Waals surface area contributed by atoms with Crippen LogP contribution in [-0.2, 0) is 14.8 Å². The first kappa shape index (κ1) is 15.9. The van der Waals surface area contributed by atoms with E-state index in [0.29, 0.717) is 5.69 Å². The molecule has 0 fully saturated rings. The first-order valence-corrected chi connectivity index (χ1v) is 7.13. The largest absolute Gasteiger partial charge is 0.600 e. The van der Waals surface area contributed by atoms with E-state index in [1.807, 2.05) is 0 Å². The molecule has 8 nitrogen and oxygen atoms in total. The van der Waals surface area contributed by atoms with Crippen LogP contribution in [0.2, 0.25) is 0 Å². The molecule has 0 unspecified atom stereocenters. The summed E-state index contributed by atoms with van der Waals surface area (Å²) in [5.74, 6) is 0. The third-order valence-electron chi connectivity index (χ3n) is 1.94. The first-order chi connectivity index (χ1) is 9.35. The summed E-state index contributed by atoms with van der Waals surface area (Å²) >= 11 is 0. The molecule has 0 spiro atoms. The number of ether oxygens (including phenoxy) is 1. The molecule has 0 saturated heterocycles. The Bertz CT molecular complexity index is 593. The van der Waals surface area contributed by atoms with E-state index in [9.17, 15) is 13.5 Å². The molecule has 20 heavy (non-hydrogen) atoms. The molecule has 0 aliphatic heterocycles. The maximum Gasteiger partial charge on any atom is 0.284 e. The first-order valence-electron chi connectivity index (χ1n) is 5.69. The summed E-state index contributed by atoms with van der Waals surface area (Å²) in [6, 6.07) is 5.51. The molecule has 0 bridgehead atoms. The second-order valence-corrected chi connectivity index (χ2v) is 5.40. The highest BCUT2D eigenvalue weighted by molar-refractivity contribution is 7.90. The van der Waals surface area contributed by atoms with Gasteiger partial charge in [-0.2, -0.15) is 8.42 Å². The topological polar surface area (TPSA) is 107 Å². The van der Waals surface area contributed by atoms with Crippen LogP contribution in [0, 0.1) is 0 Å². The zero-order chi connectivity index (χ0) is 15.2. The lowest BCUT2D eigenvalue weighted by Gasteiger charge is -2.10. The molecule has 0 heterocycles. The van der Waals surface area contributed by atoms with E-state index in [4.69, 9.17) is 0 Å². The van der Waals surface area contributed by atoms with Crippen LogP contribution in [0.4, 0.5) is 5.69 Å². The normalized spacial score (nSPS) is 12.7. The van der Waals surface area contributed by atoms with Crippen molar-refractivity contribution < 1.29 is 18.3 Å². The van der Waals surface area contributed by atoms with Gasteiger partial charge >= 0.3 is 0 Å². The van der Waals surface area contributed by atoms with Gasteiger partial charge in [-0.1, -0.05) is 12.1 Å². The molecular weight excluding hydrogens is 284 g/mol. The third-order valence-corrected chi connectivity index (χ3v) is 3.19. The molecule has 9 heteroatoms. The summed E-state index contributed by atoms with van der Waals surface area (Å²) in [6.45, 7) is 1.62. The van der Waals surface area contributed by atoms with E-state index in [-0.39, 0.29) is 11.5 Å². The van der Waals surface area contributed by atoms with Gasteiger partial charge in [-0.3, -0.25) is 5.01 Å². The van der Waals surface area contributed by atoms with Gasteiger partial charge in [0.15, 0.2) is 6.08 Å². The van der Waals surface area contributed by atoms with Crippen LogP contribution < -0.4 is 5.11 Å². The minimum absolute atomic E-state index is 0.0573. The summed E-state index contributed by atoms with van der Waals surface area (Å²) in [5, 5.41) is 20.2. The van der Waals surface area contributed by atoms with E-state index in [0.717, 1.165) is 0 Å². The predicted octanol–water partition coefficient (Wildman–Crippen LogP) is 0.688. The highest BCUT2D eigenvalue weighted by Gasteiger charge is 2.12. The molecule has 110 valence electrons. The fourth-order valence-electron chi connectivity index (χ4n) is 1.13. The van der Waals surface area contributed by atoms with Crippen LogP contribution in [0.25, 0.3) is 0 Å². The fourth-order valence-corrected chi connectivity index (χ4v) is 1.96. The Morgan fingerprint density at radius 1 is 1.30 bits per heavy atom. The van der Waals surface area contributed by atoms with Crippen molar-refractivity contribution in [1.82, 2.24) is 5.01 Å². The zero-order valence-corrected chi connectivity index (χ0v) is 12.2. The van der Waals surface area contributed by atoms with Crippen LogP contribution in [0.5, 0.6) is 0 Å². The molecule has 0 atom stereocenters. The molecule has 0 aliphatic rings. The van der Waals surface area contributed by atoms with Gasteiger partial charge in [-0.25, -0.2) is 0 Å². The van der Waals surface area contributed by atoms with Crippen molar-refractivity contribution in [3.05, 3.63) is 24.3 Å². The summed E-state index contributed by atoms with van der Waals surface area (Å²) in [4.78, 5) is -0.116. The van der Waals surface area contributed by atoms with E-state index in [1.54, 1.807) is 21.0 Å². The maximum atomic E-state index is 11.8. The van der Waals surface area contributed by atoms with Crippen molar-refractivity contribution in [2.75, 3.05) is 20.7 Å². The van der Waals surface area contributed by atoms with Gasteiger partial charge in [0.2, 0.25) is 0 Å². The number of hydrogen-bond acceptors (Lipinski definition) is 6. The summed E-state index contributed by atoms with van der Waals surface area (Å²) in [5.41, 5.74) is 0.480. The van der Waals surface area contributed by atoms with E-state index < -0.39 is 16.1 Å². The monoisotopic (exact) mass is 299 g/mol. The van der Waals surface area contributed by atoms with Gasteiger partial charge in [-0.15, -0.1) is 9.51 Å². The summed E-state index contributed by atoms with van der Waals surface area (Å²) < 4.78 is 31.0. The predicted molar refractivity (Wildman–Crippen MR) is 70.9 cm³/mol. The van der Waals surface area contributed by atoms with Crippen molar-refractivity contribution in [3.8, 4) is 0 Å². The number of sulfonamides is 1. The molecule has 1 aromatic rings. The summed E-state index contributed by atoms with van der Waals surface area (Å²) in [6.07, 6.45) is -1.14. The average Bonchev–Trinajstić information content (AvgIpc) is 2.36. The van der Waals surface area contributed by atoms with Crippen LogP contribution >= 0.6 is 0 Å². The highest BCUT2D eigenvalue weighted by atomic mass is 32.2. The Balaban J connectivity index is 2.95. The molecule has 0 saturated carbocycles. The van der Waals surface area contributed by atoms with Crippen molar-refractivity contribution in [2.24, 2.45) is 14.7 Å². The lowest BCUT2D eigenvalue weighted by Crippen LogP contribution is -2.22. The van der Waals surface area contributed by atoms with Crippen LogP contribution in [0.1, 0.15) is 6.92 Å². The number of hydrogen-bond donors (Lipinski definition) is 0. The Morgan fingerprint density at radius 2 is 1.90 bits per heavy atom. The molecule has 1 aromatic carbocycles. The van der Waals surface area contributed by atoms with Gasteiger partial charge in [0.05, 0.1) is 10.6 Å². The van der Waals surface area contributed by atoms with Gasteiger partial charge in [-0.05, 0) is 30.9 Å². The van der Waals surface area contributed by atoms with E-state index in [1.165, 1.54) is 29.3 Å². The Morgan fingerprint density at radius 3 is 2.40 bits per heavy atom.